The molecule has 0 fully saturated rings. The summed E-state index contributed by atoms with van der Waals surface area (Å²) in [7, 11) is 0. The molecule has 1 N–H and O–H groups in total. The molecule has 0 unspecified atom stereocenters. The Kier molecular flexibility index (Phi) is 3.39. The summed E-state index contributed by atoms with van der Waals surface area (Å²) < 4.78 is 5.49. The van der Waals surface area contributed by atoms with Gasteiger partial charge >= 0.3 is 0 Å². The van der Waals surface area contributed by atoms with Gasteiger partial charge in [-0.3, -0.25) is 0 Å². The van der Waals surface area contributed by atoms with Gasteiger partial charge in [0.25, 0.3) is 0 Å². The van der Waals surface area contributed by atoms with Crippen LogP contribution in [0.2, 0.25) is 0 Å². The first-order valence-corrected chi connectivity index (χ1v) is 7.09. The van der Waals surface area contributed by atoms with Gasteiger partial charge in [-0.2, -0.15) is 5.26 Å². The molecule has 0 amide bonds. The van der Waals surface area contributed by atoms with E-state index in [1.54, 1.807) is 0 Å². The van der Waals surface area contributed by atoms with Crippen LogP contribution < -0.4 is 4.74 Å². The lowest BCUT2D eigenvalue weighted by Crippen LogP contribution is -1.92. The summed E-state index contributed by atoms with van der Waals surface area (Å²) in [4.78, 5) is 7.57. The summed E-state index contributed by atoms with van der Waals surface area (Å²) in [6.07, 6.45) is 0. The first-order valence-electron chi connectivity index (χ1n) is 6.10. The van der Waals surface area contributed by atoms with Crippen molar-refractivity contribution in [3.8, 4) is 11.8 Å². The van der Waals surface area contributed by atoms with Gasteiger partial charge in [0.15, 0.2) is 5.65 Å². The number of nitrogens with one attached hydrogen (secondary N) is 1. The van der Waals surface area contributed by atoms with Crippen LogP contribution in [0.1, 0.15) is 6.92 Å². The molecule has 0 saturated carbocycles. The summed E-state index contributed by atoms with van der Waals surface area (Å²) in [6.45, 7) is 2.56. The average Bonchev–Trinajstić information content (AvgIpc) is 2.82. The van der Waals surface area contributed by atoms with Crippen LogP contribution in [0.4, 0.5) is 0 Å². The Balaban J connectivity index is 2.09. The Morgan fingerprint density at radius 1 is 1.40 bits per heavy atom. The number of nitrogens with zero attached hydrogens (tertiary/aromatic N) is 4. The zero-order valence-corrected chi connectivity index (χ0v) is 11.6. The highest BCUT2D eigenvalue weighted by Crippen LogP contribution is 2.27. The lowest BCUT2D eigenvalue weighted by Gasteiger charge is -2.01. The third-order valence-electron chi connectivity index (χ3n) is 2.74. The van der Waals surface area contributed by atoms with Crippen molar-refractivity contribution in [1.82, 2.24) is 20.2 Å². The van der Waals surface area contributed by atoms with E-state index in [9.17, 15) is 0 Å². The fourth-order valence-electron chi connectivity index (χ4n) is 1.95. The molecule has 7 heteroatoms. The zero-order chi connectivity index (χ0) is 13.9. The number of H-pyrrole nitrogens is 1. The van der Waals surface area contributed by atoms with Crippen LogP contribution in [-0.2, 0) is 0 Å². The number of nitriles is 1. The van der Waals surface area contributed by atoms with Gasteiger partial charge in [0, 0.05) is 10.9 Å². The monoisotopic (exact) mass is 285 g/mol. The maximum absolute atomic E-state index is 8.57. The smallest absolute Gasteiger partial charge is 0.212 e. The number of hydrogen-bond donors (Lipinski definition) is 1. The number of rotatable bonds is 4. The highest BCUT2D eigenvalue weighted by molar-refractivity contribution is 7.99. The lowest BCUT2D eigenvalue weighted by molar-refractivity contribution is 0.341. The molecule has 6 nitrogen and oxygen atoms in total. The minimum absolute atomic E-state index is 0.307. The van der Waals surface area contributed by atoms with Crippen molar-refractivity contribution in [2.45, 2.75) is 12.1 Å². The minimum Gasteiger partial charge on any atom is -0.494 e. The van der Waals surface area contributed by atoms with Crippen LogP contribution in [0.15, 0.2) is 23.4 Å². The van der Waals surface area contributed by atoms with Crippen LogP contribution in [-0.4, -0.2) is 32.5 Å². The molecule has 0 atom stereocenters. The Morgan fingerprint density at radius 2 is 2.30 bits per heavy atom. The number of ether oxygens (including phenoxy) is 1. The Morgan fingerprint density at radius 3 is 3.10 bits per heavy atom. The molecule has 0 aliphatic carbocycles. The van der Waals surface area contributed by atoms with Crippen molar-refractivity contribution in [2.24, 2.45) is 0 Å². The van der Waals surface area contributed by atoms with Gasteiger partial charge in [0.05, 0.1) is 18.4 Å². The Labute approximate surface area is 119 Å². The van der Waals surface area contributed by atoms with Gasteiger partial charge < -0.3 is 9.72 Å². The molecule has 2 heterocycles. The number of aromatic nitrogens is 4. The number of hydrogen-bond acceptors (Lipinski definition) is 6. The van der Waals surface area contributed by atoms with E-state index in [0.29, 0.717) is 28.7 Å². The Hall–Kier alpha value is -2.33. The first-order chi connectivity index (χ1) is 9.81. The van der Waals surface area contributed by atoms with Crippen molar-refractivity contribution in [1.29, 1.82) is 5.26 Å². The summed E-state index contributed by atoms with van der Waals surface area (Å²) in [5.41, 5.74) is 2.32. The van der Waals surface area contributed by atoms with E-state index >= 15 is 0 Å². The highest BCUT2D eigenvalue weighted by atomic mass is 32.2. The van der Waals surface area contributed by atoms with Gasteiger partial charge in [-0.15, -0.1) is 10.2 Å². The summed E-state index contributed by atoms with van der Waals surface area (Å²) in [6, 6.07) is 7.81. The third-order valence-corrected chi connectivity index (χ3v) is 3.45. The predicted molar refractivity (Wildman–Crippen MR) is 76.7 cm³/mol. The number of aromatic amines is 1. The molecular formula is C13H11N5OS. The van der Waals surface area contributed by atoms with E-state index in [1.807, 2.05) is 31.2 Å². The summed E-state index contributed by atoms with van der Waals surface area (Å²) in [5, 5.41) is 18.2. The van der Waals surface area contributed by atoms with E-state index in [4.69, 9.17) is 10.00 Å². The van der Waals surface area contributed by atoms with E-state index in [1.165, 1.54) is 11.8 Å². The predicted octanol–water partition coefficient (Wildman–Crippen LogP) is 2.52. The largest absolute Gasteiger partial charge is 0.494 e. The van der Waals surface area contributed by atoms with Crippen LogP contribution in [0.3, 0.4) is 0 Å². The van der Waals surface area contributed by atoms with Gasteiger partial charge in [0.1, 0.15) is 11.3 Å². The van der Waals surface area contributed by atoms with Crippen LogP contribution in [0.25, 0.3) is 22.1 Å². The van der Waals surface area contributed by atoms with Crippen LogP contribution in [0, 0.1) is 11.3 Å². The van der Waals surface area contributed by atoms with Crippen LogP contribution >= 0.6 is 11.8 Å². The maximum atomic E-state index is 8.57. The van der Waals surface area contributed by atoms with Crippen molar-refractivity contribution >= 4 is 33.8 Å². The molecule has 0 aliphatic rings. The summed E-state index contributed by atoms with van der Waals surface area (Å²) in [5.74, 6) is 1.10. The number of fused-ring (bicyclic) bond motifs is 3. The molecule has 1 aromatic carbocycles. The van der Waals surface area contributed by atoms with E-state index in [0.717, 1.165) is 16.7 Å². The van der Waals surface area contributed by atoms with Crippen molar-refractivity contribution in [3.05, 3.63) is 18.2 Å². The Bertz CT molecular complexity index is 807. The fourth-order valence-corrected chi connectivity index (χ4v) is 2.40. The molecule has 0 aliphatic heterocycles. The number of benzene rings is 1. The molecule has 20 heavy (non-hydrogen) atoms. The lowest BCUT2D eigenvalue weighted by atomic mass is 10.2. The van der Waals surface area contributed by atoms with E-state index < -0.39 is 0 Å². The third kappa shape index (κ3) is 2.26. The van der Waals surface area contributed by atoms with E-state index in [2.05, 4.69) is 20.2 Å². The maximum Gasteiger partial charge on any atom is 0.212 e. The number of thioether (sulfide) groups is 1. The van der Waals surface area contributed by atoms with Gasteiger partial charge in [-0.25, -0.2) is 4.98 Å². The van der Waals surface area contributed by atoms with Crippen molar-refractivity contribution < 1.29 is 4.74 Å². The minimum atomic E-state index is 0.307. The molecule has 0 spiro atoms. The second kappa shape index (κ2) is 5.35. The van der Waals surface area contributed by atoms with E-state index in [-0.39, 0.29) is 0 Å². The molecule has 2 aromatic heterocycles. The van der Waals surface area contributed by atoms with Crippen LogP contribution in [0.5, 0.6) is 5.75 Å². The topological polar surface area (TPSA) is 87.5 Å². The van der Waals surface area contributed by atoms with Gasteiger partial charge in [-0.05, 0) is 25.1 Å². The quantitative estimate of drug-likeness (QED) is 0.741. The second-order valence-electron chi connectivity index (χ2n) is 4.00. The fraction of sp³-hybridized carbons (Fsp3) is 0.231. The molecule has 100 valence electrons. The molecular weight excluding hydrogens is 274 g/mol. The SMILES string of the molecule is CCOc1ccc2[nH]c3nc(SCC#N)nnc3c2c1. The normalized spacial score (nSPS) is 10.8. The summed E-state index contributed by atoms with van der Waals surface area (Å²) >= 11 is 1.27. The molecule has 0 saturated heterocycles. The first kappa shape index (κ1) is 12.7. The zero-order valence-electron chi connectivity index (χ0n) is 10.8. The average molecular weight is 285 g/mol. The van der Waals surface area contributed by atoms with Gasteiger partial charge in [-0.1, -0.05) is 11.8 Å². The standard InChI is InChI=1S/C13H11N5OS/c1-2-19-8-3-4-10-9(7-8)11-12(15-10)16-13(18-17-11)20-6-5-14/h3-4,7H,2,6H2,1H3,(H,15,16,18). The molecule has 3 rings (SSSR count). The van der Waals surface area contributed by atoms with Crippen molar-refractivity contribution in [3.63, 3.8) is 0 Å². The molecule has 3 aromatic rings. The molecule has 0 bridgehead atoms. The highest BCUT2D eigenvalue weighted by Gasteiger charge is 2.10. The van der Waals surface area contributed by atoms with Gasteiger partial charge in [0.2, 0.25) is 5.16 Å². The molecule has 0 radical (unpaired) electrons. The van der Waals surface area contributed by atoms with Crippen molar-refractivity contribution in [2.75, 3.05) is 12.4 Å². The second-order valence-corrected chi connectivity index (χ2v) is 4.95.